The number of urea groups is 1. The number of hydrogen-bond donors (Lipinski definition) is 3. The van der Waals surface area contributed by atoms with Crippen molar-refractivity contribution in [1.29, 1.82) is 0 Å². The summed E-state index contributed by atoms with van der Waals surface area (Å²) in [4.78, 5) is 24.0. The van der Waals surface area contributed by atoms with Gasteiger partial charge >= 0.3 is 12.0 Å². The molecule has 1 aliphatic heterocycles. The Morgan fingerprint density at radius 1 is 1.30 bits per heavy atom. The number of hydrogen-bond acceptors (Lipinski definition) is 5. The molecule has 1 saturated heterocycles. The lowest BCUT2D eigenvalue weighted by molar-refractivity contribution is -0.150. The van der Waals surface area contributed by atoms with Gasteiger partial charge in [0.25, 0.3) is 0 Å². The third kappa shape index (κ3) is 4.23. The first-order valence-electron chi connectivity index (χ1n) is 7.32. The minimum atomic E-state index is -0.765. The highest BCUT2D eigenvalue weighted by Crippen LogP contribution is 2.31. The lowest BCUT2D eigenvalue weighted by Gasteiger charge is -2.33. The molecule has 124 valence electrons. The molecular formula is C16H20N2O5. The number of phenolic OH excluding ortho intramolecular Hbond substituents is 1. The molecule has 0 radical (unpaired) electrons. The number of nitrogens with one attached hydrogen (secondary N) is 2. The molecule has 1 fully saturated rings. The number of aromatic hydroxyl groups is 1. The number of ether oxygens (including phenoxy) is 2. The van der Waals surface area contributed by atoms with Gasteiger partial charge in [-0.2, -0.15) is 0 Å². The van der Waals surface area contributed by atoms with Crippen LogP contribution in [0.4, 0.5) is 4.79 Å². The third-order valence-corrected chi connectivity index (χ3v) is 3.45. The molecule has 7 heteroatoms. The molecule has 1 aromatic rings. The average molecular weight is 320 g/mol. The van der Waals surface area contributed by atoms with Crippen LogP contribution in [0.15, 0.2) is 36.5 Å². The van der Waals surface area contributed by atoms with Crippen molar-refractivity contribution < 1.29 is 24.2 Å². The normalized spacial score (nSPS) is 20.6. The van der Waals surface area contributed by atoms with E-state index in [1.165, 1.54) is 12.1 Å². The predicted octanol–water partition coefficient (Wildman–Crippen LogP) is 1.46. The van der Waals surface area contributed by atoms with Crippen LogP contribution >= 0.6 is 0 Å². The van der Waals surface area contributed by atoms with Crippen molar-refractivity contribution in [3.63, 3.8) is 0 Å². The fraction of sp³-hybridized carbons (Fsp3) is 0.375. The molecule has 3 N–H and O–H groups in total. The smallest absolute Gasteiger partial charge is 0.319 e. The minimum absolute atomic E-state index is 0.101. The molecule has 0 unspecified atom stereocenters. The Morgan fingerprint density at radius 2 is 2.00 bits per heavy atom. The standard InChI is InChI=1S/C16H20N2O5/c1-3-22-8-9-23-15(20)13-10(2)17-16(21)18-14(13)11-4-6-12(19)7-5-11/h4-7,13-14,19H,2-3,8-9H2,1H3,(H2,17,18,21)/t13-,14+/m0/s1. The first-order valence-corrected chi connectivity index (χ1v) is 7.32. The van der Waals surface area contributed by atoms with E-state index in [1.54, 1.807) is 12.1 Å². The van der Waals surface area contributed by atoms with Gasteiger partial charge in [-0.15, -0.1) is 0 Å². The zero-order valence-corrected chi connectivity index (χ0v) is 12.9. The number of rotatable bonds is 6. The van der Waals surface area contributed by atoms with Crippen LogP contribution in [0, 0.1) is 5.92 Å². The first-order chi connectivity index (χ1) is 11.0. The highest BCUT2D eigenvalue weighted by molar-refractivity contribution is 5.85. The average Bonchev–Trinajstić information content (AvgIpc) is 2.51. The molecule has 0 saturated carbocycles. The number of benzene rings is 1. The second-order valence-electron chi connectivity index (χ2n) is 5.03. The summed E-state index contributed by atoms with van der Waals surface area (Å²) in [5.41, 5.74) is 0.943. The summed E-state index contributed by atoms with van der Waals surface area (Å²) in [5.74, 6) is -1.16. The predicted molar refractivity (Wildman–Crippen MR) is 82.6 cm³/mol. The van der Waals surface area contributed by atoms with Gasteiger partial charge in [0.05, 0.1) is 12.6 Å². The molecular weight excluding hydrogens is 300 g/mol. The third-order valence-electron chi connectivity index (χ3n) is 3.45. The zero-order chi connectivity index (χ0) is 16.8. The van der Waals surface area contributed by atoms with Gasteiger partial charge in [-0.05, 0) is 24.6 Å². The van der Waals surface area contributed by atoms with Crippen LogP contribution in [-0.4, -0.2) is 36.9 Å². The van der Waals surface area contributed by atoms with E-state index in [2.05, 4.69) is 17.2 Å². The molecule has 7 nitrogen and oxygen atoms in total. The van der Waals surface area contributed by atoms with Crippen LogP contribution in [0.2, 0.25) is 0 Å². The van der Waals surface area contributed by atoms with E-state index in [4.69, 9.17) is 9.47 Å². The molecule has 0 aromatic heterocycles. The number of esters is 1. The maximum atomic E-state index is 12.3. The number of phenols is 1. The summed E-state index contributed by atoms with van der Waals surface area (Å²) in [6.45, 7) is 6.59. The molecule has 2 atom stereocenters. The van der Waals surface area contributed by atoms with Crippen molar-refractivity contribution in [1.82, 2.24) is 10.6 Å². The maximum Gasteiger partial charge on any atom is 0.319 e. The largest absolute Gasteiger partial charge is 0.508 e. The topological polar surface area (TPSA) is 96.9 Å². The molecule has 0 aliphatic carbocycles. The van der Waals surface area contributed by atoms with Crippen LogP contribution in [0.3, 0.4) is 0 Å². The van der Waals surface area contributed by atoms with Gasteiger partial charge in [-0.25, -0.2) is 4.79 Å². The lowest BCUT2D eigenvalue weighted by atomic mass is 9.89. The summed E-state index contributed by atoms with van der Waals surface area (Å²) in [6.07, 6.45) is 0. The molecule has 2 amide bonds. The van der Waals surface area contributed by atoms with Gasteiger partial charge in [0, 0.05) is 12.3 Å². The van der Waals surface area contributed by atoms with Crippen LogP contribution < -0.4 is 10.6 Å². The van der Waals surface area contributed by atoms with E-state index in [9.17, 15) is 14.7 Å². The summed E-state index contributed by atoms with van der Waals surface area (Å²) < 4.78 is 10.3. The minimum Gasteiger partial charge on any atom is -0.508 e. The number of amides is 2. The highest BCUT2D eigenvalue weighted by atomic mass is 16.6. The first kappa shape index (κ1) is 16.8. The van der Waals surface area contributed by atoms with Crippen LogP contribution in [-0.2, 0) is 14.3 Å². The molecule has 0 spiro atoms. The van der Waals surface area contributed by atoms with Crippen molar-refractivity contribution in [3.8, 4) is 5.75 Å². The second-order valence-corrected chi connectivity index (χ2v) is 5.03. The van der Waals surface area contributed by atoms with Crippen molar-refractivity contribution in [2.75, 3.05) is 19.8 Å². The van der Waals surface area contributed by atoms with E-state index in [0.717, 1.165) is 0 Å². The van der Waals surface area contributed by atoms with E-state index >= 15 is 0 Å². The maximum absolute atomic E-state index is 12.3. The Bertz CT molecular complexity index is 585. The quantitative estimate of drug-likeness (QED) is 0.544. The summed E-state index contributed by atoms with van der Waals surface area (Å²) in [7, 11) is 0. The van der Waals surface area contributed by atoms with Gasteiger partial charge in [-0.1, -0.05) is 18.7 Å². The van der Waals surface area contributed by atoms with Crippen LogP contribution in [0.5, 0.6) is 5.75 Å². The lowest BCUT2D eigenvalue weighted by Crippen LogP contribution is -2.51. The fourth-order valence-corrected chi connectivity index (χ4v) is 2.36. The van der Waals surface area contributed by atoms with Gasteiger partial charge in [0.2, 0.25) is 0 Å². The Balaban J connectivity index is 2.14. The second kappa shape index (κ2) is 7.64. The Kier molecular flexibility index (Phi) is 5.59. The van der Waals surface area contributed by atoms with Gasteiger partial charge in [0.1, 0.15) is 18.3 Å². The van der Waals surface area contributed by atoms with Crippen LogP contribution in [0.1, 0.15) is 18.5 Å². The van der Waals surface area contributed by atoms with E-state index < -0.39 is 24.0 Å². The summed E-state index contributed by atoms with van der Waals surface area (Å²) in [5, 5.41) is 14.6. The summed E-state index contributed by atoms with van der Waals surface area (Å²) in [6, 6.07) is 5.20. The van der Waals surface area contributed by atoms with E-state index in [1.807, 2.05) is 6.92 Å². The monoisotopic (exact) mass is 320 g/mol. The number of carbonyl (C=O) groups is 2. The van der Waals surface area contributed by atoms with Crippen molar-refractivity contribution >= 4 is 12.0 Å². The van der Waals surface area contributed by atoms with Crippen LogP contribution in [0.25, 0.3) is 0 Å². The molecule has 1 aliphatic rings. The van der Waals surface area contributed by atoms with E-state index in [0.29, 0.717) is 18.8 Å². The Morgan fingerprint density at radius 3 is 2.65 bits per heavy atom. The van der Waals surface area contributed by atoms with Crippen molar-refractivity contribution in [3.05, 3.63) is 42.1 Å². The zero-order valence-electron chi connectivity index (χ0n) is 12.9. The molecule has 1 aromatic carbocycles. The van der Waals surface area contributed by atoms with Gasteiger partial charge in [-0.3, -0.25) is 4.79 Å². The van der Waals surface area contributed by atoms with Crippen molar-refractivity contribution in [2.45, 2.75) is 13.0 Å². The molecule has 0 bridgehead atoms. The molecule has 2 rings (SSSR count). The molecule has 1 heterocycles. The van der Waals surface area contributed by atoms with Gasteiger partial charge in [0.15, 0.2) is 0 Å². The SMILES string of the molecule is C=C1NC(=O)N[C@H](c2ccc(O)cc2)[C@H]1C(=O)OCCOCC. The Labute approximate surface area is 134 Å². The Hall–Kier alpha value is -2.54. The van der Waals surface area contributed by atoms with Gasteiger partial charge < -0.3 is 25.2 Å². The van der Waals surface area contributed by atoms with E-state index in [-0.39, 0.29) is 18.1 Å². The molecule has 23 heavy (non-hydrogen) atoms. The highest BCUT2D eigenvalue weighted by Gasteiger charge is 2.38. The van der Waals surface area contributed by atoms with Crippen molar-refractivity contribution in [2.24, 2.45) is 5.92 Å². The summed E-state index contributed by atoms with van der Waals surface area (Å²) >= 11 is 0. The number of carbonyl (C=O) groups excluding carboxylic acids is 2. The fourth-order valence-electron chi connectivity index (χ4n) is 2.36.